The first-order chi connectivity index (χ1) is 17.5. The number of anilines is 1. The number of aromatic amines is 1. The molecule has 3 aromatic heterocycles. The summed E-state index contributed by atoms with van der Waals surface area (Å²) < 4.78 is 19.0. The van der Waals surface area contributed by atoms with Crippen molar-refractivity contribution >= 4 is 11.6 Å². The smallest absolute Gasteiger partial charge is 0.272 e. The standard InChI is InChI=1S/C27H27FN6O2/c1-17(19-4-3-5-22(28)12-19)32-27(35)25-18(2)31-26(33-25)24-14-20(6-7-30-24)21-13-23(16-29-15-21)34-8-10-36-11-9-34/h3-7,12-17H,8-11H2,1-2H3,(H,31,33)(H,32,35). The van der Waals surface area contributed by atoms with E-state index < -0.39 is 0 Å². The number of hydrogen-bond acceptors (Lipinski definition) is 6. The summed E-state index contributed by atoms with van der Waals surface area (Å²) in [7, 11) is 0. The Kier molecular flexibility index (Phi) is 6.73. The van der Waals surface area contributed by atoms with Crippen molar-refractivity contribution in [3.05, 3.63) is 83.8 Å². The minimum Gasteiger partial charge on any atom is -0.378 e. The average Bonchev–Trinajstić information content (AvgIpc) is 3.31. The second kappa shape index (κ2) is 10.2. The highest BCUT2D eigenvalue weighted by molar-refractivity contribution is 5.94. The Morgan fingerprint density at radius 2 is 1.97 bits per heavy atom. The van der Waals surface area contributed by atoms with Crippen molar-refractivity contribution in [3.63, 3.8) is 0 Å². The quantitative estimate of drug-likeness (QED) is 0.422. The predicted molar refractivity (Wildman–Crippen MR) is 135 cm³/mol. The Labute approximate surface area is 208 Å². The molecule has 1 fully saturated rings. The normalized spacial score (nSPS) is 14.5. The summed E-state index contributed by atoms with van der Waals surface area (Å²) in [5.74, 6) is -0.191. The van der Waals surface area contributed by atoms with Crippen molar-refractivity contribution in [2.75, 3.05) is 31.2 Å². The Hall–Kier alpha value is -4.11. The van der Waals surface area contributed by atoms with Gasteiger partial charge in [0.1, 0.15) is 17.2 Å². The van der Waals surface area contributed by atoms with Gasteiger partial charge in [-0.1, -0.05) is 12.1 Å². The van der Waals surface area contributed by atoms with E-state index in [0.717, 1.165) is 29.9 Å². The van der Waals surface area contributed by atoms with Crippen LogP contribution in [0.25, 0.3) is 22.6 Å². The number of H-pyrrole nitrogens is 1. The van der Waals surface area contributed by atoms with Crippen LogP contribution in [0.1, 0.15) is 34.7 Å². The highest BCUT2D eigenvalue weighted by Gasteiger charge is 2.19. The number of aromatic nitrogens is 4. The van der Waals surface area contributed by atoms with E-state index in [0.29, 0.717) is 36.0 Å². The number of amides is 1. The molecule has 0 saturated carbocycles. The van der Waals surface area contributed by atoms with E-state index in [-0.39, 0.29) is 23.5 Å². The molecule has 1 aliphatic heterocycles. The van der Waals surface area contributed by atoms with Gasteiger partial charge in [0.25, 0.3) is 5.91 Å². The predicted octanol–water partition coefficient (Wildman–Crippen LogP) is 4.31. The maximum Gasteiger partial charge on any atom is 0.272 e. The van der Waals surface area contributed by atoms with Gasteiger partial charge >= 0.3 is 0 Å². The van der Waals surface area contributed by atoms with Crippen LogP contribution in [0.3, 0.4) is 0 Å². The average molecular weight is 487 g/mol. The molecule has 1 aliphatic rings. The van der Waals surface area contributed by atoms with Crippen LogP contribution in [0, 0.1) is 12.7 Å². The molecule has 0 bridgehead atoms. The van der Waals surface area contributed by atoms with Crippen molar-refractivity contribution in [2.45, 2.75) is 19.9 Å². The summed E-state index contributed by atoms with van der Waals surface area (Å²) in [6, 6.07) is 11.8. The third-order valence-corrected chi connectivity index (χ3v) is 6.23. The maximum absolute atomic E-state index is 13.6. The van der Waals surface area contributed by atoms with E-state index in [4.69, 9.17) is 4.74 Å². The van der Waals surface area contributed by atoms with Crippen LogP contribution in [0.4, 0.5) is 10.1 Å². The number of aryl methyl sites for hydroxylation is 1. The van der Waals surface area contributed by atoms with Gasteiger partial charge in [-0.2, -0.15) is 0 Å². The Bertz CT molecular complexity index is 1380. The van der Waals surface area contributed by atoms with Gasteiger partial charge in [0.05, 0.1) is 31.1 Å². The number of carbonyl (C=O) groups is 1. The molecule has 5 rings (SSSR count). The van der Waals surface area contributed by atoms with Gasteiger partial charge in [-0.05, 0) is 55.3 Å². The zero-order chi connectivity index (χ0) is 25.1. The third-order valence-electron chi connectivity index (χ3n) is 6.23. The summed E-state index contributed by atoms with van der Waals surface area (Å²) >= 11 is 0. The van der Waals surface area contributed by atoms with Crippen LogP contribution in [-0.2, 0) is 4.74 Å². The van der Waals surface area contributed by atoms with Crippen LogP contribution in [0.2, 0.25) is 0 Å². The molecule has 184 valence electrons. The number of nitrogens with one attached hydrogen (secondary N) is 2. The second-order valence-electron chi connectivity index (χ2n) is 8.77. The lowest BCUT2D eigenvalue weighted by Gasteiger charge is -2.28. The molecule has 9 heteroatoms. The first-order valence-corrected chi connectivity index (χ1v) is 11.9. The van der Waals surface area contributed by atoms with Gasteiger partial charge in [-0.3, -0.25) is 14.8 Å². The first kappa shape index (κ1) is 23.6. The minimum absolute atomic E-state index is 0.274. The van der Waals surface area contributed by atoms with Gasteiger partial charge in [0.2, 0.25) is 0 Å². The molecule has 0 aliphatic carbocycles. The number of rotatable bonds is 6. The van der Waals surface area contributed by atoms with Gasteiger partial charge in [-0.15, -0.1) is 0 Å². The molecule has 1 amide bonds. The zero-order valence-electron chi connectivity index (χ0n) is 20.2. The lowest BCUT2D eigenvalue weighted by atomic mass is 10.1. The summed E-state index contributed by atoms with van der Waals surface area (Å²) in [6.07, 6.45) is 5.40. The van der Waals surface area contributed by atoms with Crippen molar-refractivity contribution in [2.24, 2.45) is 0 Å². The topological polar surface area (TPSA) is 96.0 Å². The molecule has 2 N–H and O–H groups in total. The van der Waals surface area contributed by atoms with E-state index in [1.807, 2.05) is 24.5 Å². The van der Waals surface area contributed by atoms with E-state index >= 15 is 0 Å². The van der Waals surface area contributed by atoms with E-state index in [1.165, 1.54) is 12.1 Å². The van der Waals surface area contributed by atoms with E-state index in [2.05, 4.69) is 36.2 Å². The van der Waals surface area contributed by atoms with Crippen LogP contribution < -0.4 is 10.2 Å². The number of ether oxygens (including phenoxy) is 1. The third kappa shape index (κ3) is 5.11. The summed E-state index contributed by atoms with van der Waals surface area (Å²) in [5.41, 5.74) is 5.15. The van der Waals surface area contributed by atoms with Gasteiger partial charge < -0.3 is 19.9 Å². The molecule has 1 aromatic carbocycles. The zero-order valence-corrected chi connectivity index (χ0v) is 20.2. The van der Waals surface area contributed by atoms with Crippen molar-refractivity contribution in [1.82, 2.24) is 25.3 Å². The largest absolute Gasteiger partial charge is 0.378 e. The molecule has 0 radical (unpaired) electrons. The molecule has 1 saturated heterocycles. The second-order valence-corrected chi connectivity index (χ2v) is 8.77. The maximum atomic E-state index is 13.6. The van der Waals surface area contributed by atoms with E-state index in [1.54, 1.807) is 32.2 Å². The van der Waals surface area contributed by atoms with Crippen LogP contribution >= 0.6 is 0 Å². The molecule has 36 heavy (non-hydrogen) atoms. The minimum atomic E-state index is -0.375. The molecule has 8 nitrogen and oxygen atoms in total. The number of morpholine rings is 1. The highest BCUT2D eigenvalue weighted by atomic mass is 19.1. The number of hydrogen-bond donors (Lipinski definition) is 2. The molecule has 4 heterocycles. The fraction of sp³-hybridized carbons (Fsp3) is 0.259. The monoisotopic (exact) mass is 486 g/mol. The summed E-state index contributed by atoms with van der Waals surface area (Å²) in [6.45, 7) is 6.68. The summed E-state index contributed by atoms with van der Waals surface area (Å²) in [5, 5.41) is 2.89. The molecule has 1 unspecified atom stereocenters. The molecule has 1 atom stereocenters. The molecular weight excluding hydrogens is 459 g/mol. The molecular formula is C27H27FN6O2. The number of nitrogens with zero attached hydrogens (tertiary/aromatic N) is 4. The fourth-order valence-electron chi connectivity index (χ4n) is 4.25. The number of imidazole rings is 1. The van der Waals surface area contributed by atoms with Crippen LogP contribution in [0.15, 0.2) is 61.1 Å². The van der Waals surface area contributed by atoms with Gasteiger partial charge in [0, 0.05) is 36.7 Å². The molecule has 4 aromatic rings. The van der Waals surface area contributed by atoms with Crippen molar-refractivity contribution < 1.29 is 13.9 Å². The van der Waals surface area contributed by atoms with E-state index in [9.17, 15) is 9.18 Å². The lowest BCUT2D eigenvalue weighted by Crippen LogP contribution is -2.36. The Morgan fingerprint density at radius 3 is 2.78 bits per heavy atom. The SMILES string of the molecule is Cc1[nH]c(-c2cc(-c3cncc(N4CCOCC4)c3)ccn2)nc1C(=O)NC(C)c1cccc(F)c1. The van der Waals surface area contributed by atoms with Crippen molar-refractivity contribution in [3.8, 4) is 22.6 Å². The number of halogens is 1. The van der Waals surface area contributed by atoms with Crippen LogP contribution in [0.5, 0.6) is 0 Å². The van der Waals surface area contributed by atoms with Crippen molar-refractivity contribution in [1.29, 1.82) is 0 Å². The number of pyridine rings is 2. The lowest BCUT2D eigenvalue weighted by molar-refractivity contribution is 0.0934. The number of carbonyl (C=O) groups excluding carboxylic acids is 1. The molecule has 0 spiro atoms. The Balaban J connectivity index is 1.36. The first-order valence-electron chi connectivity index (χ1n) is 11.9. The van der Waals surface area contributed by atoms with Gasteiger partial charge in [0.15, 0.2) is 5.82 Å². The highest BCUT2D eigenvalue weighted by Crippen LogP contribution is 2.27. The summed E-state index contributed by atoms with van der Waals surface area (Å²) in [4.78, 5) is 31.8. The number of benzene rings is 1. The van der Waals surface area contributed by atoms with Crippen LogP contribution in [-0.4, -0.2) is 52.1 Å². The Morgan fingerprint density at radius 1 is 1.14 bits per heavy atom. The van der Waals surface area contributed by atoms with Gasteiger partial charge in [-0.25, -0.2) is 9.37 Å². The fourth-order valence-corrected chi connectivity index (χ4v) is 4.25.